The minimum atomic E-state index is 0.518. The molecule has 2 rings (SSSR count). The Balaban J connectivity index is 2.03. The molecule has 100 valence electrons. The molecule has 0 saturated carbocycles. The van der Waals surface area contributed by atoms with Crippen LogP contribution in [-0.4, -0.2) is 36.3 Å². The van der Waals surface area contributed by atoms with Crippen molar-refractivity contribution < 1.29 is 4.74 Å². The van der Waals surface area contributed by atoms with Gasteiger partial charge in [0.25, 0.3) is 0 Å². The molecule has 0 radical (unpaired) electrons. The SMILES string of the molecule is CCOCC1CCCN(c2cc(Cl)nc(C)n2)C1. The Labute approximate surface area is 113 Å². The molecule has 18 heavy (non-hydrogen) atoms. The van der Waals surface area contributed by atoms with Crippen molar-refractivity contribution >= 4 is 17.4 Å². The van der Waals surface area contributed by atoms with Crippen LogP contribution in [0.3, 0.4) is 0 Å². The number of hydrogen-bond acceptors (Lipinski definition) is 4. The lowest BCUT2D eigenvalue weighted by molar-refractivity contribution is 0.104. The van der Waals surface area contributed by atoms with Crippen LogP contribution in [0.4, 0.5) is 5.82 Å². The van der Waals surface area contributed by atoms with E-state index in [1.165, 1.54) is 12.8 Å². The van der Waals surface area contributed by atoms with Gasteiger partial charge in [-0.3, -0.25) is 0 Å². The topological polar surface area (TPSA) is 38.2 Å². The monoisotopic (exact) mass is 269 g/mol. The number of anilines is 1. The molecule has 1 saturated heterocycles. The Hall–Kier alpha value is -0.870. The molecule has 0 N–H and O–H groups in total. The number of nitrogens with zero attached hydrogens (tertiary/aromatic N) is 3. The molecule has 1 fully saturated rings. The first-order chi connectivity index (χ1) is 8.69. The summed E-state index contributed by atoms with van der Waals surface area (Å²) in [6.45, 7) is 7.56. The van der Waals surface area contributed by atoms with Crippen LogP contribution in [0.25, 0.3) is 0 Å². The lowest BCUT2D eigenvalue weighted by Crippen LogP contribution is -2.37. The molecule has 0 bridgehead atoms. The lowest BCUT2D eigenvalue weighted by atomic mass is 9.99. The molecule has 1 aromatic heterocycles. The summed E-state index contributed by atoms with van der Waals surface area (Å²) in [6.07, 6.45) is 2.41. The molecule has 1 aliphatic heterocycles. The largest absolute Gasteiger partial charge is 0.381 e. The van der Waals surface area contributed by atoms with Gasteiger partial charge >= 0.3 is 0 Å². The van der Waals surface area contributed by atoms with Crippen LogP contribution in [-0.2, 0) is 4.74 Å². The number of aryl methyl sites for hydroxylation is 1. The van der Waals surface area contributed by atoms with Crippen molar-refractivity contribution in [1.82, 2.24) is 9.97 Å². The first-order valence-electron chi connectivity index (χ1n) is 6.53. The number of piperidine rings is 1. The van der Waals surface area contributed by atoms with Crippen molar-refractivity contribution in [2.24, 2.45) is 5.92 Å². The maximum atomic E-state index is 5.99. The summed E-state index contributed by atoms with van der Waals surface area (Å²) in [5, 5.41) is 0.518. The van der Waals surface area contributed by atoms with E-state index in [9.17, 15) is 0 Å². The molecule has 0 amide bonds. The Morgan fingerprint density at radius 3 is 3.06 bits per heavy atom. The van der Waals surface area contributed by atoms with Crippen LogP contribution in [0.1, 0.15) is 25.6 Å². The van der Waals surface area contributed by atoms with Gasteiger partial charge in [0.2, 0.25) is 0 Å². The summed E-state index contributed by atoms with van der Waals surface area (Å²) in [7, 11) is 0. The molecule has 1 unspecified atom stereocenters. The highest BCUT2D eigenvalue weighted by atomic mass is 35.5. The fraction of sp³-hybridized carbons (Fsp3) is 0.692. The molecule has 4 nitrogen and oxygen atoms in total. The van der Waals surface area contributed by atoms with Gasteiger partial charge in [-0.25, -0.2) is 9.97 Å². The summed E-state index contributed by atoms with van der Waals surface area (Å²) in [4.78, 5) is 10.8. The molecule has 5 heteroatoms. The summed E-state index contributed by atoms with van der Waals surface area (Å²) >= 11 is 5.99. The normalized spacial score (nSPS) is 20.2. The predicted octanol–water partition coefficient (Wildman–Crippen LogP) is 2.69. The maximum absolute atomic E-state index is 5.99. The van der Waals surface area contributed by atoms with Crippen molar-refractivity contribution in [3.05, 3.63) is 17.0 Å². The quantitative estimate of drug-likeness (QED) is 0.788. The van der Waals surface area contributed by atoms with Crippen molar-refractivity contribution in [2.45, 2.75) is 26.7 Å². The molecule has 1 atom stereocenters. The number of halogens is 1. The molecule has 2 heterocycles. The highest BCUT2D eigenvalue weighted by molar-refractivity contribution is 6.29. The van der Waals surface area contributed by atoms with E-state index in [1.807, 2.05) is 19.9 Å². The van der Waals surface area contributed by atoms with Crippen LogP contribution in [0.5, 0.6) is 0 Å². The van der Waals surface area contributed by atoms with Crippen molar-refractivity contribution in [2.75, 3.05) is 31.2 Å². The third-order valence-electron chi connectivity index (χ3n) is 3.19. The van der Waals surface area contributed by atoms with E-state index in [4.69, 9.17) is 16.3 Å². The van der Waals surface area contributed by atoms with Crippen LogP contribution < -0.4 is 4.90 Å². The smallest absolute Gasteiger partial charge is 0.134 e. The van der Waals surface area contributed by atoms with E-state index in [2.05, 4.69) is 14.9 Å². The first kappa shape index (κ1) is 13.6. The molecule has 0 aromatic carbocycles. The zero-order valence-electron chi connectivity index (χ0n) is 11.0. The Bertz CT molecular complexity index is 380. The highest BCUT2D eigenvalue weighted by Crippen LogP contribution is 2.23. The molecule has 1 aliphatic rings. The summed E-state index contributed by atoms with van der Waals surface area (Å²) in [5.41, 5.74) is 0. The van der Waals surface area contributed by atoms with Gasteiger partial charge in [0.15, 0.2) is 0 Å². The van der Waals surface area contributed by atoms with Gasteiger partial charge < -0.3 is 9.64 Å². The van der Waals surface area contributed by atoms with Crippen LogP contribution in [0.15, 0.2) is 6.07 Å². The van der Waals surface area contributed by atoms with E-state index in [1.54, 1.807) is 0 Å². The predicted molar refractivity (Wildman–Crippen MR) is 73.2 cm³/mol. The molecular formula is C13H20ClN3O. The van der Waals surface area contributed by atoms with Crippen LogP contribution in [0.2, 0.25) is 5.15 Å². The number of ether oxygens (including phenoxy) is 1. The van der Waals surface area contributed by atoms with E-state index in [0.29, 0.717) is 11.1 Å². The summed E-state index contributed by atoms with van der Waals surface area (Å²) < 4.78 is 5.52. The average molecular weight is 270 g/mol. The molecule has 0 aliphatic carbocycles. The van der Waals surface area contributed by atoms with E-state index >= 15 is 0 Å². The van der Waals surface area contributed by atoms with Crippen LogP contribution in [0, 0.1) is 12.8 Å². The molecule has 1 aromatic rings. The third kappa shape index (κ3) is 3.56. The Kier molecular flexibility index (Phi) is 4.78. The van der Waals surface area contributed by atoms with Gasteiger partial charge in [0, 0.05) is 25.8 Å². The highest BCUT2D eigenvalue weighted by Gasteiger charge is 2.21. The zero-order chi connectivity index (χ0) is 13.0. The average Bonchev–Trinajstić information content (AvgIpc) is 2.35. The van der Waals surface area contributed by atoms with Crippen molar-refractivity contribution in [3.63, 3.8) is 0 Å². The van der Waals surface area contributed by atoms with E-state index in [-0.39, 0.29) is 0 Å². The van der Waals surface area contributed by atoms with Gasteiger partial charge in [0.1, 0.15) is 16.8 Å². The third-order valence-corrected chi connectivity index (χ3v) is 3.39. The number of aromatic nitrogens is 2. The second kappa shape index (κ2) is 6.34. The minimum Gasteiger partial charge on any atom is -0.381 e. The molecular weight excluding hydrogens is 250 g/mol. The second-order valence-corrected chi connectivity index (χ2v) is 5.10. The van der Waals surface area contributed by atoms with Gasteiger partial charge in [-0.15, -0.1) is 0 Å². The fourth-order valence-corrected chi connectivity index (χ4v) is 2.59. The van der Waals surface area contributed by atoms with Gasteiger partial charge in [-0.1, -0.05) is 11.6 Å². The minimum absolute atomic E-state index is 0.518. The lowest BCUT2D eigenvalue weighted by Gasteiger charge is -2.33. The summed E-state index contributed by atoms with van der Waals surface area (Å²) in [6, 6.07) is 1.84. The maximum Gasteiger partial charge on any atom is 0.134 e. The fourth-order valence-electron chi connectivity index (χ4n) is 2.37. The van der Waals surface area contributed by atoms with Gasteiger partial charge in [-0.2, -0.15) is 0 Å². The number of rotatable bonds is 4. The van der Waals surface area contributed by atoms with E-state index in [0.717, 1.165) is 37.9 Å². The Morgan fingerprint density at radius 2 is 2.33 bits per heavy atom. The van der Waals surface area contributed by atoms with Crippen molar-refractivity contribution in [1.29, 1.82) is 0 Å². The second-order valence-electron chi connectivity index (χ2n) is 4.71. The van der Waals surface area contributed by atoms with Gasteiger partial charge in [0.05, 0.1) is 6.61 Å². The van der Waals surface area contributed by atoms with Gasteiger partial charge in [-0.05, 0) is 32.6 Å². The van der Waals surface area contributed by atoms with Crippen LogP contribution >= 0.6 is 11.6 Å². The zero-order valence-corrected chi connectivity index (χ0v) is 11.8. The number of hydrogen-bond donors (Lipinski definition) is 0. The Morgan fingerprint density at radius 1 is 1.50 bits per heavy atom. The van der Waals surface area contributed by atoms with Crippen molar-refractivity contribution in [3.8, 4) is 0 Å². The standard InChI is InChI=1S/C13H20ClN3O/c1-3-18-9-11-5-4-6-17(8-11)13-7-12(14)15-10(2)16-13/h7,11H,3-6,8-9H2,1-2H3. The molecule has 0 spiro atoms. The first-order valence-corrected chi connectivity index (χ1v) is 6.90. The van der Waals surface area contributed by atoms with E-state index < -0.39 is 0 Å². The summed E-state index contributed by atoms with van der Waals surface area (Å²) in [5.74, 6) is 2.26.